The third-order valence-corrected chi connectivity index (χ3v) is 4.56. The maximum Gasteiger partial charge on any atom is 0.222 e. The summed E-state index contributed by atoms with van der Waals surface area (Å²) in [5.41, 5.74) is 6.09. The minimum atomic E-state index is 0.342. The third kappa shape index (κ3) is 3.59. The summed E-state index contributed by atoms with van der Waals surface area (Å²) >= 11 is 3.52. The highest BCUT2D eigenvalue weighted by atomic mass is 79.9. The van der Waals surface area contributed by atoms with E-state index in [1.54, 1.807) is 6.20 Å². The summed E-state index contributed by atoms with van der Waals surface area (Å²) < 4.78 is 0.927. The van der Waals surface area contributed by atoms with Crippen molar-refractivity contribution in [3.63, 3.8) is 0 Å². The second-order valence-corrected chi connectivity index (χ2v) is 7.23. The van der Waals surface area contributed by atoms with Gasteiger partial charge >= 0.3 is 0 Å². The first kappa shape index (κ1) is 14.6. The molecule has 2 heterocycles. The number of halogens is 1. The molecule has 0 spiro atoms. The van der Waals surface area contributed by atoms with E-state index in [-0.39, 0.29) is 0 Å². The lowest BCUT2D eigenvalue weighted by Crippen LogP contribution is -2.27. The van der Waals surface area contributed by atoms with E-state index in [4.69, 9.17) is 5.73 Å². The van der Waals surface area contributed by atoms with Crippen molar-refractivity contribution < 1.29 is 0 Å². The summed E-state index contributed by atoms with van der Waals surface area (Å²) in [5.74, 6) is 2.05. The van der Waals surface area contributed by atoms with E-state index in [2.05, 4.69) is 51.6 Å². The van der Waals surface area contributed by atoms with Gasteiger partial charge in [-0.1, -0.05) is 20.8 Å². The Hall–Kier alpha value is -0.840. The number of hydrogen-bond acceptors (Lipinski definition) is 4. The van der Waals surface area contributed by atoms with Crippen LogP contribution < -0.4 is 10.6 Å². The predicted molar refractivity (Wildman–Crippen MR) is 83.2 cm³/mol. The number of nitrogens with zero attached hydrogens (tertiary/aromatic N) is 3. The molecule has 0 saturated carbocycles. The zero-order valence-corrected chi connectivity index (χ0v) is 13.6. The Morgan fingerprint density at radius 2 is 2.05 bits per heavy atom. The molecule has 2 rings (SSSR count). The lowest BCUT2D eigenvalue weighted by Gasteiger charge is -2.30. The number of aromatic nitrogens is 2. The smallest absolute Gasteiger partial charge is 0.222 e. The van der Waals surface area contributed by atoms with Crippen LogP contribution in [0.3, 0.4) is 0 Å². The van der Waals surface area contributed by atoms with Gasteiger partial charge in [-0.15, -0.1) is 0 Å². The zero-order chi connectivity index (χ0) is 14.0. The fraction of sp³-hybridized carbons (Fsp3) is 0.714. The quantitative estimate of drug-likeness (QED) is 0.858. The largest absolute Gasteiger partial charge is 0.368 e. The Labute approximate surface area is 123 Å². The van der Waals surface area contributed by atoms with Crippen LogP contribution in [0.15, 0.2) is 10.7 Å². The van der Waals surface area contributed by atoms with Crippen LogP contribution in [-0.2, 0) is 0 Å². The van der Waals surface area contributed by atoms with Crippen LogP contribution in [0.1, 0.15) is 40.0 Å². The lowest BCUT2D eigenvalue weighted by molar-refractivity contribution is 0.220. The van der Waals surface area contributed by atoms with E-state index in [9.17, 15) is 0 Å². The Morgan fingerprint density at radius 3 is 2.74 bits per heavy atom. The highest BCUT2D eigenvalue weighted by Gasteiger charge is 2.27. The van der Waals surface area contributed by atoms with E-state index < -0.39 is 0 Å². The van der Waals surface area contributed by atoms with Crippen LogP contribution in [0.5, 0.6) is 0 Å². The molecule has 1 atom stereocenters. The summed E-state index contributed by atoms with van der Waals surface area (Å²) in [5, 5.41) is 0. The third-order valence-electron chi connectivity index (χ3n) is 4.00. The van der Waals surface area contributed by atoms with Gasteiger partial charge in [0, 0.05) is 19.3 Å². The van der Waals surface area contributed by atoms with Gasteiger partial charge in [-0.2, -0.15) is 4.98 Å². The normalized spacial score (nSPS) is 21.3. The van der Waals surface area contributed by atoms with Gasteiger partial charge in [-0.25, -0.2) is 4.98 Å². The maximum atomic E-state index is 5.70. The van der Waals surface area contributed by atoms with Crippen LogP contribution in [0, 0.1) is 11.3 Å². The van der Waals surface area contributed by atoms with Gasteiger partial charge in [0.05, 0.1) is 4.47 Å². The van der Waals surface area contributed by atoms with Gasteiger partial charge in [0.2, 0.25) is 5.95 Å². The highest BCUT2D eigenvalue weighted by Crippen LogP contribution is 2.35. The Kier molecular flexibility index (Phi) is 4.33. The molecule has 0 radical (unpaired) electrons. The molecule has 0 aliphatic carbocycles. The molecule has 1 unspecified atom stereocenters. The molecule has 0 amide bonds. The second kappa shape index (κ2) is 5.65. The zero-order valence-electron chi connectivity index (χ0n) is 12.0. The van der Waals surface area contributed by atoms with Gasteiger partial charge in [-0.3, -0.25) is 0 Å². The summed E-state index contributed by atoms with van der Waals surface area (Å²) in [4.78, 5) is 10.7. The van der Waals surface area contributed by atoms with E-state index in [1.807, 2.05) is 0 Å². The van der Waals surface area contributed by atoms with Crippen molar-refractivity contribution in [1.82, 2.24) is 9.97 Å². The fourth-order valence-electron chi connectivity index (χ4n) is 2.77. The van der Waals surface area contributed by atoms with Crippen LogP contribution in [0.4, 0.5) is 11.8 Å². The Bertz CT molecular complexity index is 442. The van der Waals surface area contributed by atoms with E-state index in [0.717, 1.165) is 29.3 Å². The first-order chi connectivity index (χ1) is 8.88. The number of anilines is 2. The van der Waals surface area contributed by atoms with Gasteiger partial charge in [-0.05, 0) is 46.5 Å². The Balaban J connectivity index is 2.13. The molecule has 1 fully saturated rings. The van der Waals surface area contributed by atoms with Crippen LogP contribution in [0.2, 0.25) is 0 Å². The molecule has 1 aliphatic rings. The molecular formula is C14H23BrN4. The van der Waals surface area contributed by atoms with Crippen LogP contribution in [0.25, 0.3) is 0 Å². The monoisotopic (exact) mass is 326 g/mol. The molecule has 1 saturated heterocycles. The molecular weight excluding hydrogens is 304 g/mol. The first-order valence-corrected chi connectivity index (χ1v) is 7.70. The second-order valence-electron chi connectivity index (χ2n) is 6.38. The van der Waals surface area contributed by atoms with Crippen LogP contribution in [-0.4, -0.2) is 23.1 Å². The van der Waals surface area contributed by atoms with Gasteiger partial charge in [0.25, 0.3) is 0 Å². The predicted octanol–water partition coefficient (Wildman–Crippen LogP) is 3.47. The number of nitrogen functional groups attached to an aromatic ring is 1. The Morgan fingerprint density at radius 1 is 1.32 bits per heavy atom. The summed E-state index contributed by atoms with van der Waals surface area (Å²) in [6.45, 7) is 9.10. The van der Waals surface area contributed by atoms with E-state index in [0.29, 0.717) is 11.4 Å². The van der Waals surface area contributed by atoms with Crippen molar-refractivity contribution in [2.24, 2.45) is 11.3 Å². The minimum Gasteiger partial charge on any atom is -0.368 e. The number of nitrogens with two attached hydrogens (primary N) is 1. The lowest BCUT2D eigenvalue weighted by atomic mass is 9.77. The molecule has 1 aromatic rings. The van der Waals surface area contributed by atoms with Crippen LogP contribution >= 0.6 is 15.9 Å². The highest BCUT2D eigenvalue weighted by molar-refractivity contribution is 9.10. The van der Waals surface area contributed by atoms with Crippen molar-refractivity contribution >= 4 is 27.7 Å². The van der Waals surface area contributed by atoms with Crippen molar-refractivity contribution in [1.29, 1.82) is 0 Å². The fourth-order valence-corrected chi connectivity index (χ4v) is 3.21. The molecule has 1 aliphatic heterocycles. The van der Waals surface area contributed by atoms with E-state index >= 15 is 0 Å². The summed E-state index contributed by atoms with van der Waals surface area (Å²) in [6.07, 6.45) is 5.44. The topological polar surface area (TPSA) is 55.0 Å². The molecule has 5 heteroatoms. The van der Waals surface area contributed by atoms with Crippen molar-refractivity contribution in [2.45, 2.75) is 40.0 Å². The average molecular weight is 327 g/mol. The number of rotatable bonds is 1. The molecule has 106 valence electrons. The van der Waals surface area contributed by atoms with Gasteiger partial charge in [0.15, 0.2) is 0 Å². The molecule has 0 bridgehead atoms. The molecule has 2 N–H and O–H groups in total. The molecule has 1 aromatic heterocycles. The molecule has 0 aromatic carbocycles. The van der Waals surface area contributed by atoms with E-state index in [1.165, 1.54) is 19.3 Å². The maximum absolute atomic E-state index is 5.70. The van der Waals surface area contributed by atoms with Gasteiger partial charge < -0.3 is 10.6 Å². The van der Waals surface area contributed by atoms with Crippen molar-refractivity contribution in [2.75, 3.05) is 23.7 Å². The minimum absolute atomic E-state index is 0.342. The average Bonchev–Trinajstić information content (AvgIpc) is 2.57. The first-order valence-electron chi connectivity index (χ1n) is 6.91. The molecule has 4 nitrogen and oxygen atoms in total. The summed E-state index contributed by atoms with van der Waals surface area (Å²) in [7, 11) is 0. The van der Waals surface area contributed by atoms with Gasteiger partial charge in [0.1, 0.15) is 5.82 Å². The summed E-state index contributed by atoms with van der Waals surface area (Å²) in [6, 6.07) is 0. The van der Waals surface area contributed by atoms with Crippen molar-refractivity contribution in [3.05, 3.63) is 10.7 Å². The SMILES string of the molecule is CC(C)(C)C1CCCN(c2nc(N)ncc2Br)CC1. The number of hydrogen-bond donors (Lipinski definition) is 1. The van der Waals surface area contributed by atoms with Crippen molar-refractivity contribution in [3.8, 4) is 0 Å². The standard InChI is InChI=1S/C14H23BrN4/c1-14(2,3)10-5-4-7-19(8-6-10)12-11(15)9-17-13(16)18-12/h9-10H,4-8H2,1-3H3,(H2,16,17,18). The molecule has 19 heavy (non-hydrogen) atoms.